The van der Waals surface area contributed by atoms with E-state index in [0.29, 0.717) is 31.1 Å². The zero-order chi connectivity index (χ0) is 16.9. The van der Waals surface area contributed by atoms with Crippen LogP contribution in [-0.2, 0) is 11.2 Å². The summed E-state index contributed by atoms with van der Waals surface area (Å²) < 4.78 is 5.22. The molecule has 1 amide bonds. The number of aliphatic hydroxyl groups excluding tert-OH is 1. The Bertz CT molecular complexity index is 671. The molecule has 1 N–H and O–H groups in total. The number of aryl methyl sites for hydroxylation is 1. The van der Waals surface area contributed by atoms with Crippen molar-refractivity contribution in [2.45, 2.75) is 38.7 Å². The number of aromatic nitrogens is 3. The predicted octanol–water partition coefficient (Wildman–Crippen LogP) is 1.68. The van der Waals surface area contributed by atoms with E-state index < -0.39 is 0 Å². The van der Waals surface area contributed by atoms with Crippen molar-refractivity contribution in [3.8, 4) is 11.4 Å². The van der Waals surface area contributed by atoms with E-state index in [9.17, 15) is 9.90 Å². The Morgan fingerprint density at radius 3 is 3.17 bits per heavy atom. The molecule has 0 radical (unpaired) electrons. The lowest BCUT2D eigenvalue weighted by molar-refractivity contribution is -0.133. The number of amides is 1. The number of rotatable bonds is 5. The molecule has 1 fully saturated rings. The SMILES string of the molecule is CC(O)C1CCCN(C(=O)CCc2nc(-c3cccnc3)no2)C1. The van der Waals surface area contributed by atoms with Crippen LogP contribution in [0, 0.1) is 5.92 Å². The molecular weight excluding hydrogens is 308 g/mol. The van der Waals surface area contributed by atoms with E-state index in [2.05, 4.69) is 15.1 Å². The third-order valence-corrected chi connectivity index (χ3v) is 4.43. The Morgan fingerprint density at radius 1 is 1.54 bits per heavy atom. The van der Waals surface area contributed by atoms with Gasteiger partial charge in [0.05, 0.1) is 6.10 Å². The Morgan fingerprint density at radius 2 is 2.42 bits per heavy atom. The minimum absolute atomic E-state index is 0.0708. The van der Waals surface area contributed by atoms with E-state index in [1.807, 2.05) is 17.0 Å². The lowest BCUT2D eigenvalue weighted by atomic mass is 9.93. The summed E-state index contributed by atoms with van der Waals surface area (Å²) in [6.07, 6.45) is 5.64. The number of carbonyl (C=O) groups excluding carboxylic acids is 1. The molecule has 0 aromatic carbocycles. The number of aliphatic hydroxyl groups is 1. The Labute approximate surface area is 140 Å². The summed E-state index contributed by atoms with van der Waals surface area (Å²) in [5, 5.41) is 13.6. The zero-order valence-electron chi connectivity index (χ0n) is 13.8. The first kappa shape index (κ1) is 16.6. The Kier molecular flexibility index (Phi) is 5.20. The molecule has 1 aliphatic rings. The highest BCUT2D eigenvalue weighted by Crippen LogP contribution is 2.21. The van der Waals surface area contributed by atoms with Crippen molar-refractivity contribution in [1.82, 2.24) is 20.0 Å². The number of hydrogen-bond acceptors (Lipinski definition) is 6. The predicted molar refractivity (Wildman–Crippen MR) is 86.8 cm³/mol. The maximum Gasteiger partial charge on any atom is 0.227 e. The van der Waals surface area contributed by atoms with Crippen molar-refractivity contribution in [3.63, 3.8) is 0 Å². The fourth-order valence-electron chi connectivity index (χ4n) is 2.97. The Hall–Kier alpha value is -2.28. The number of nitrogens with zero attached hydrogens (tertiary/aromatic N) is 4. The monoisotopic (exact) mass is 330 g/mol. The van der Waals surface area contributed by atoms with Gasteiger partial charge < -0.3 is 14.5 Å². The van der Waals surface area contributed by atoms with Crippen molar-refractivity contribution < 1.29 is 14.4 Å². The first-order valence-corrected chi connectivity index (χ1v) is 8.32. The van der Waals surface area contributed by atoms with Gasteiger partial charge in [-0.1, -0.05) is 5.16 Å². The molecule has 0 saturated carbocycles. The molecule has 2 unspecified atom stereocenters. The second-order valence-corrected chi connectivity index (χ2v) is 6.24. The average molecular weight is 330 g/mol. The largest absolute Gasteiger partial charge is 0.393 e. The fraction of sp³-hybridized carbons (Fsp3) is 0.529. The number of piperidine rings is 1. The zero-order valence-corrected chi connectivity index (χ0v) is 13.8. The highest BCUT2D eigenvalue weighted by Gasteiger charge is 2.26. The van der Waals surface area contributed by atoms with E-state index in [4.69, 9.17) is 4.52 Å². The molecular formula is C17H22N4O3. The summed E-state index contributed by atoms with van der Waals surface area (Å²) in [5.41, 5.74) is 0.787. The van der Waals surface area contributed by atoms with Gasteiger partial charge >= 0.3 is 0 Å². The fourth-order valence-corrected chi connectivity index (χ4v) is 2.97. The van der Waals surface area contributed by atoms with Crippen molar-refractivity contribution in [2.75, 3.05) is 13.1 Å². The topological polar surface area (TPSA) is 92.3 Å². The third-order valence-electron chi connectivity index (χ3n) is 4.43. The molecule has 2 aromatic heterocycles. The first-order chi connectivity index (χ1) is 11.6. The van der Waals surface area contributed by atoms with Crippen LogP contribution in [0.25, 0.3) is 11.4 Å². The van der Waals surface area contributed by atoms with Crippen LogP contribution in [0.3, 0.4) is 0 Å². The highest BCUT2D eigenvalue weighted by atomic mass is 16.5. The molecule has 2 aromatic rings. The van der Waals surface area contributed by atoms with Crippen LogP contribution in [-0.4, -0.2) is 50.2 Å². The molecule has 3 rings (SSSR count). The average Bonchev–Trinajstić information content (AvgIpc) is 3.09. The van der Waals surface area contributed by atoms with Gasteiger partial charge in [0.25, 0.3) is 0 Å². The molecule has 0 bridgehead atoms. The summed E-state index contributed by atoms with van der Waals surface area (Å²) in [7, 11) is 0. The van der Waals surface area contributed by atoms with Gasteiger partial charge in [0.2, 0.25) is 17.6 Å². The van der Waals surface area contributed by atoms with Gasteiger partial charge in [0.1, 0.15) is 0 Å². The molecule has 128 valence electrons. The number of carbonyl (C=O) groups is 1. The summed E-state index contributed by atoms with van der Waals surface area (Å²) in [4.78, 5) is 22.5. The van der Waals surface area contributed by atoms with Gasteiger partial charge in [-0.2, -0.15) is 4.98 Å². The van der Waals surface area contributed by atoms with E-state index in [-0.39, 0.29) is 17.9 Å². The molecule has 0 aliphatic carbocycles. The van der Waals surface area contributed by atoms with Crippen molar-refractivity contribution in [2.24, 2.45) is 5.92 Å². The summed E-state index contributed by atoms with van der Waals surface area (Å²) in [6, 6.07) is 3.67. The van der Waals surface area contributed by atoms with Gasteiger partial charge in [-0.15, -0.1) is 0 Å². The highest BCUT2D eigenvalue weighted by molar-refractivity contribution is 5.76. The minimum atomic E-state index is -0.376. The van der Waals surface area contributed by atoms with Crippen LogP contribution < -0.4 is 0 Å². The summed E-state index contributed by atoms with van der Waals surface area (Å²) in [6.45, 7) is 3.17. The number of hydrogen-bond donors (Lipinski definition) is 1. The second-order valence-electron chi connectivity index (χ2n) is 6.24. The number of likely N-dealkylation sites (tertiary alicyclic amines) is 1. The molecule has 1 aliphatic heterocycles. The van der Waals surface area contributed by atoms with Crippen molar-refractivity contribution in [3.05, 3.63) is 30.4 Å². The molecule has 0 spiro atoms. The van der Waals surface area contributed by atoms with Crippen LogP contribution in [0.4, 0.5) is 0 Å². The molecule has 7 heteroatoms. The second kappa shape index (κ2) is 7.53. The smallest absolute Gasteiger partial charge is 0.227 e. The lowest BCUT2D eigenvalue weighted by Crippen LogP contribution is -2.43. The molecule has 7 nitrogen and oxygen atoms in total. The van der Waals surface area contributed by atoms with Crippen molar-refractivity contribution >= 4 is 5.91 Å². The van der Waals surface area contributed by atoms with E-state index in [1.54, 1.807) is 19.3 Å². The van der Waals surface area contributed by atoms with Crippen LogP contribution in [0.15, 0.2) is 29.0 Å². The van der Waals surface area contributed by atoms with Gasteiger partial charge in [0, 0.05) is 49.8 Å². The minimum Gasteiger partial charge on any atom is -0.393 e. The molecule has 2 atom stereocenters. The summed E-state index contributed by atoms with van der Waals surface area (Å²) in [5.74, 6) is 1.17. The van der Waals surface area contributed by atoms with Gasteiger partial charge in [-0.25, -0.2) is 0 Å². The summed E-state index contributed by atoms with van der Waals surface area (Å²) >= 11 is 0. The Balaban J connectivity index is 1.54. The molecule has 24 heavy (non-hydrogen) atoms. The van der Waals surface area contributed by atoms with Gasteiger partial charge in [-0.3, -0.25) is 9.78 Å². The number of pyridine rings is 1. The van der Waals surface area contributed by atoms with E-state index in [0.717, 1.165) is 24.9 Å². The van der Waals surface area contributed by atoms with Gasteiger partial charge in [-0.05, 0) is 31.9 Å². The maximum atomic E-state index is 12.4. The van der Waals surface area contributed by atoms with Crippen LogP contribution >= 0.6 is 0 Å². The standard InChI is InChI=1S/C17H22N4O3/c1-12(22)14-5-3-9-21(11-14)16(23)7-6-15-19-17(20-24-15)13-4-2-8-18-10-13/h2,4,8,10,12,14,22H,3,5-7,9,11H2,1H3. The van der Waals surface area contributed by atoms with Crippen molar-refractivity contribution in [1.29, 1.82) is 0 Å². The third kappa shape index (κ3) is 3.97. The molecule has 3 heterocycles. The van der Waals surface area contributed by atoms with E-state index in [1.165, 1.54) is 0 Å². The normalized spacial score (nSPS) is 19.2. The first-order valence-electron chi connectivity index (χ1n) is 8.32. The maximum absolute atomic E-state index is 12.4. The quantitative estimate of drug-likeness (QED) is 0.897. The van der Waals surface area contributed by atoms with Crippen LogP contribution in [0.5, 0.6) is 0 Å². The lowest BCUT2D eigenvalue weighted by Gasteiger charge is -2.34. The van der Waals surface area contributed by atoms with Gasteiger partial charge in [0.15, 0.2) is 0 Å². The molecule has 1 saturated heterocycles. The van der Waals surface area contributed by atoms with Crippen LogP contribution in [0.2, 0.25) is 0 Å². The van der Waals surface area contributed by atoms with E-state index >= 15 is 0 Å². The van der Waals surface area contributed by atoms with Crippen LogP contribution in [0.1, 0.15) is 32.1 Å².